The van der Waals surface area contributed by atoms with E-state index in [-0.39, 0.29) is 5.41 Å². The van der Waals surface area contributed by atoms with Crippen LogP contribution in [0.2, 0.25) is 0 Å². The van der Waals surface area contributed by atoms with E-state index in [0.29, 0.717) is 37.7 Å². The highest BCUT2D eigenvalue weighted by Gasteiger charge is 2.49. The molecule has 0 aromatic heterocycles. The molecule has 3 aliphatic rings. The fraction of sp³-hybridized carbons (Fsp3) is 0.760. The summed E-state index contributed by atoms with van der Waals surface area (Å²) in [4.78, 5) is 0. The van der Waals surface area contributed by atoms with E-state index in [1.165, 1.54) is 31.3 Å². The molecule has 5 atom stereocenters. The topological polar surface area (TPSA) is 69.9 Å². The van der Waals surface area contributed by atoms with Gasteiger partial charge < -0.3 is 20.1 Å². The van der Waals surface area contributed by atoms with E-state index in [4.69, 9.17) is 4.74 Å². The van der Waals surface area contributed by atoms with Crippen LogP contribution in [0.25, 0.3) is 0 Å². The lowest BCUT2D eigenvalue weighted by molar-refractivity contribution is -0.000951. The number of aliphatic hydroxyl groups excluding tert-OH is 2. The van der Waals surface area contributed by atoms with E-state index >= 15 is 0 Å². The van der Waals surface area contributed by atoms with Crippen molar-refractivity contribution in [2.24, 2.45) is 17.3 Å². The molecule has 3 aliphatic carbocycles. The summed E-state index contributed by atoms with van der Waals surface area (Å²) in [6.45, 7) is 11.5. The van der Waals surface area contributed by atoms with Crippen molar-refractivity contribution in [3.8, 4) is 0 Å². The second-order valence-electron chi connectivity index (χ2n) is 10.4. The molecule has 0 saturated heterocycles. The minimum Gasteiger partial charge on any atom is -0.393 e. The van der Waals surface area contributed by atoms with Crippen LogP contribution in [0.3, 0.4) is 0 Å². The molecule has 3 rings (SSSR count). The largest absolute Gasteiger partial charge is 0.393 e. The Labute approximate surface area is 176 Å². The van der Waals surface area contributed by atoms with Gasteiger partial charge in [0, 0.05) is 19.6 Å². The molecule has 164 valence electrons. The molecule has 0 radical (unpaired) electrons. The molecule has 0 bridgehead atoms. The molecule has 4 heteroatoms. The van der Waals surface area contributed by atoms with E-state index in [1.54, 1.807) is 0 Å². The van der Waals surface area contributed by atoms with Gasteiger partial charge in [-0.3, -0.25) is 0 Å². The van der Waals surface area contributed by atoms with Gasteiger partial charge in [0.25, 0.3) is 0 Å². The van der Waals surface area contributed by atoms with Crippen LogP contribution >= 0.6 is 0 Å². The van der Waals surface area contributed by atoms with Gasteiger partial charge in [0.2, 0.25) is 0 Å². The second-order valence-corrected chi connectivity index (χ2v) is 10.4. The second kappa shape index (κ2) is 9.05. The van der Waals surface area contributed by atoms with Crippen LogP contribution in [0.4, 0.5) is 0 Å². The first-order valence-electron chi connectivity index (χ1n) is 11.3. The Balaban J connectivity index is 1.65. The molecular weight excluding hydrogens is 364 g/mol. The molecule has 0 spiro atoms. The molecule has 0 aromatic rings. The molecule has 0 heterocycles. The summed E-state index contributed by atoms with van der Waals surface area (Å²) in [5, 5.41) is 29.9. The van der Waals surface area contributed by atoms with Crippen molar-refractivity contribution in [2.75, 3.05) is 13.2 Å². The molecular formula is C25H40O4. The molecule has 0 unspecified atom stereocenters. The van der Waals surface area contributed by atoms with Crippen LogP contribution in [-0.4, -0.2) is 46.3 Å². The third-order valence-electron chi connectivity index (χ3n) is 7.60. The number of fused-ring (bicyclic) bond motifs is 1. The maximum atomic E-state index is 10.1. The van der Waals surface area contributed by atoms with Crippen molar-refractivity contribution in [3.05, 3.63) is 35.5 Å². The van der Waals surface area contributed by atoms with Crippen molar-refractivity contribution in [3.63, 3.8) is 0 Å². The maximum Gasteiger partial charge on any atom is 0.0811 e. The van der Waals surface area contributed by atoms with E-state index in [0.717, 1.165) is 24.2 Å². The Kier molecular flexibility index (Phi) is 7.10. The van der Waals surface area contributed by atoms with E-state index < -0.39 is 17.8 Å². The molecule has 3 N–H and O–H groups in total. The number of hydrogen-bond donors (Lipinski definition) is 3. The van der Waals surface area contributed by atoms with Crippen LogP contribution < -0.4 is 0 Å². The zero-order valence-corrected chi connectivity index (χ0v) is 18.5. The number of aliphatic hydroxyl groups is 3. The first kappa shape index (κ1) is 22.7. The predicted octanol–water partition coefficient (Wildman–Crippen LogP) is 4.31. The lowest BCUT2D eigenvalue weighted by Gasteiger charge is -2.42. The van der Waals surface area contributed by atoms with Gasteiger partial charge >= 0.3 is 0 Å². The summed E-state index contributed by atoms with van der Waals surface area (Å²) in [7, 11) is 0. The first-order chi connectivity index (χ1) is 13.6. The summed E-state index contributed by atoms with van der Waals surface area (Å²) in [5.41, 5.74) is 2.86. The van der Waals surface area contributed by atoms with Crippen molar-refractivity contribution in [2.45, 2.75) is 89.9 Å². The van der Waals surface area contributed by atoms with Gasteiger partial charge in [0.1, 0.15) is 0 Å². The van der Waals surface area contributed by atoms with Crippen molar-refractivity contribution in [1.29, 1.82) is 0 Å². The normalized spacial score (nSPS) is 38.6. The minimum absolute atomic E-state index is 0.278. The molecule has 3 saturated carbocycles. The number of ether oxygens (including phenoxy) is 1. The Morgan fingerprint density at radius 2 is 2.00 bits per heavy atom. The Morgan fingerprint density at radius 1 is 1.24 bits per heavy atom. The average Bonchev–Trinajstić information content (AvgIpc) is 2.96. The van der Waals surface area contributed by atoms with Crippen LogP contribution in [0.1, 0.15) is 72.1 Å². The van der Waals surface area contributed by atoms with E-state index in [9.17, 15) is 15.3 Å². The minimum atomic E-state index is -0.666. The smallest absolute Gasteiger partial charge is 0.0811 e. The lowest BCUT2D eigenvalue weighted by atomic mass is 9.63. The van der Waals surface area contributed by atoms with Crippen LogP contribution in [0.5, 0.6) is 0 Å². The van der Waals surface area contributed by atoms with Gasteiger partial charge in [0.05, 0.1) is 17.8 Å². The SMILES string of the molecule is C=C1C(=CC=C2CCC[C@]3(C)[C@@H](COCCC(C)(C)O)CC[C@@H]23)C[C@@H](O)C[C@@H]1O. The standard InChI is InChI=1S/C25H40O4/c1-17-19(14-21(26)15-23(17)27)8-7-18-6-5-11-25(4)20(9-10-22(18)25)16-29-13-12-24(2,3)28/h7-8,20-23,26-28H,1,5-6,9-16H2,2-4H3/t20-,21-,22+,23+,25-/m1/s1. The van der Waals surface area contributed by atoms with Crippen LogP contribution in [0, 0.1) is 17.3 Å². The van der Waals surface area contributed by atoms with E-state index in [1.807, 2.05) is 13.8 Å². The van der Waals surface area contributed by atoms with Gasteiger partial charge in [-0.1, -0.05) is 31.2 Å². The maximum absolute atomic E-state index is 10.1. The molecule has 0 aromatic carbocycles. The highest BCUT2D eigenvalue weighted by atomic mass is 16.5. The first-order valence-corrected chi connectivity index (χ1v) is 11.3. The third kappa shape index (κ3) is 5.41. The number of hydrogen-bond acceptors (Lipinski definition) is 4. The Morgan fingerprint density at radius 3 is 2.72 bits per heavy atom. The average molecular weight is 405 g/mol. The summed E-state index contributed by atoms with van der Waals surface area (Å²) in [5.74, 6) is 1.15. The molecule has 29 heavy (non-hydrogen) atoms. The number of rotatable bonds is 6. The van der Waals surface area contributed by atoms with Crippen molar-refractivity contribution >= 4 is 0 Å². The van der Waals surface area contributed by atoms with Crippen molar-refractivity contribution in [1.82, 2.24) is 0 Å². The molecule has 0 amide bonds. The summed E-state index contributed by atoms with van der Waals surface area (Å²) < 4.78 is 5.98. The quantitative estimate of drug-likeness (QED) is 0.577. The van der Waals surface area contributed by atoms with Crippen molar-refractivity contribution < 1.29 is 20.1 Å². The van der Waals surface area contributed by atoms with Gasteiger partial charge in [-0.15, -0.1) is 0 Å². The van der Waals surface area contributed by atoms with Crippen LogP contribution in [0.15, 0.2) is 35.5 Å². The van der Waals surface area contributed by atoms with Gasteiger partial charge in [-0.2, -0.15) is 0 Å². The van der Waals surface area contributed by atoms with Gasteiger partial charge in [0.15, 0.2) is 0 Å². The molecule has 0 aliphatic heterocycles. The zero-order valence-electron chi connectivity index (χ0n) is 18.5. The summed E-state index contributed by atoms with van der Waals surface area (Å²) in [6.07, 6.45) is 10.9. The highest BCUT2D eigenvalue weighted by molar-refractivity contribution is 5.38. The third-order valence-corrected chi connectivity index (χ3v) is 7.60. The fourth-order valence-corrected chi connectivity index (χ4v) is 5.63. The fourth-order valence-electron chi connectivity index (χ4n) is 5.63. The van der Waals surface area contributed by atoms with Gasteiger partial charge in [-0.25, -0.2) is 0 Å². The Hall–Kier alpha value is -0.940. The molecule has 3 fully saturated rings. The monoisotopic (exact) mass is 404 g/mol. The highest BCUT2D eigenvalue weighted by Crippen LogP contribution is 2.57. The summed E-state index contributed by atoms with van der Waals surface area (Å²) >= 11 is 0. The Bertz CT molecular complexity index is 656. The molecule has 4 nitrogen and oxygen atoms in total. The lowest BCUT2D eigenvalue weighted by Crippen LogP contribution is -2.35. The van der Waals surface area contributed by atoms with E-state index in [2.05, 4.69) is 25.7 Å². The van der Waals surface area contributed by atoms with Crippen LogP contribution in [-0.2, 0) is 4.74 Å². The van der Waals surface area contributed by atoms with Gasteiger partial charge in [-0.05, 0) is 87.2 Å². The summed E-state index contributed by atoms with van der Waals surface area (Å²) in [6, 6.07) is 0. The predicted molar refractivity (Wildman–Crippen MR) is 116 cm³/mol. The number of allylic oxidation sites excluding steroid dienone is 3. The zero-order chi connectivity index (χ0) is 21.2.